The van der Waals surface area contributed by atoms with Gasteiger partial charge in [-0.25, -0.2) is 0 Å². The maximum atomic E-state index is 12.6. The minimum Gasteiger partial charge on any atom is -0.309 e. The second-order valence-corrected chi connectivity index (χ2v) is 5.70. The Labute approximate surface area is 127 Å². The molecule has 0 N–H and O–H groups in total. The molecule has 0 saturated carbocycles. The quantitative estimate of drug-likeness (QED) is 0.846. The SMILES string of the molecule is CCN(C(=O)c1cncc(Br)c1)c1cc(C)cc(C)c1. The van der Waals surface area contributed by atoms with Gasteiger partial charge < -0.3 is 4.90 Å². The van der Waals surface area contributed by atoms with Crippen LogP contribution in [0, 0.1) is 13.8 Å². The number of hydrogen-bond donors (Lipinski definition) is 0. The summed E-state index contributed by atoms with van der Waals surface area (Å²) in [7, 11) is 0. The number of benzene rings is 1. The molecule has 0 aliphatic heterocycles. The zero-order valence-corrected chi connectivity index (χ0v) is 13.4. The Hall–Kier alpha value is -1.68. The molecule has 3 nitrogen and oxygen atoms in total. The van der Waals surface area contributed by atoms with Gasteiger partial charge in [0.25, 0.3) is 5.91 Å². The van der Waals surface area contributed by atoms with E-state index in [0.29, 0.717) is 12.1 Å². The van der Waals surface area contributed by atoms with Gasteiger partial charge in [0.05, 0.1) is 5.56 Å². The van der Waals surface area contributed by atoms with E-state index < -0.39 is 0 Å². The molecule has 2 rings (SSSR count). The molecule has 0 aliphatic carbocycles. The molecule has 2 aromatic rings. The third kappa shape index (κ3) is 3.25. The molecule has 0 unspecified atom stereocenters. The summed E-state index contributed by atoms with van der Waals surface area (Å²) in [5.41, 5.74) is 3.81. The fourth-order valence-corrected chi connectivity index (χ4v) is 2.60. The molecule has 0 atom stereocenters. The van der Waals surface area contributed by atoms with Gasteiger partial charge in [0.2, 0.25) is 0 Å². The topological polar surface area (TPSA) is 33.2 Å². The zero-order valence-electron chi connectivity index (χ0n) is 11.9. The van der Waals surface area contributed by atoms with Crippen LogP contribution in [0.4, 0.5) is 5.69 Å². The van der Waals surface area contributed by atoms with Crippen molar-refractivity contribution < 1.29 is 4.79 Å². The summed E-state index contributed by atoms with van der Waals surface area (Å²) in [5, 5.41) is 0. The summed E-state index contributed by atoms with van der Waals surface area (Å²) in [6.45, 7) is 6.67. The van der Waals surface area contributed by atoms with Gasteiger partial charge in [0, 0.05) is 29.1 Å². The minimum absolute atomic E-state index is 0.0358. The Morgan fingerprint density at radius 2 is 1.80 bits per heavy atom. The van der Waals surface area contributed by atoms with Crippen molar-refractivity contribution in [2.45, 2.75) is 20.8 Å². The number of amides is 1. The molecule has 0 radical (unpaired) electrons. The third-order valence-corrected chi connectivity index (χ3v) is 3.47. The van der Waals surface area contributed by atoms with Crippen LogP contribution in [0.1, 0.15) is 28.4 Å². The van der Waals surface area contributed by atoms with Crippen LogP contribution in [0.5, 0.6) is 0 Å². The number of pyridine rings is 1. The predicted octanol–water partition coefficient (Wildman–Crippen LogP) is 4.13. The molecule has 0 bridgehead atoms. The molecule has 1 heterocycles. The average molecular weight is 333 g/mol. The van der Waals surface area contributed by atoms with Crippen LogP contribution in [-0.2, 0) is 0 Å². The van der Waals surface area contributed by atoms with Crippen molar-refractivity contribution in [2.24, 2.45) is 0 Å². The van der Waals surface area contributed by atoms with Gasteiger partial charge in [0.15, 0.2) is 0 Å². The highest BCUT2D eigenvalue weighted by Crippen LogP contribution is 2.21. The molecule has 0 saturated heterocycles. The summed E-state index contributed by atoms with van der Waals surface area (Å²) in [5.74, 6) is -0.0358. The second kappa shape index (κ2) is 6.18. The predicted molar refractivity (Wildman–Crippen MR) is 85.2 cm³/mol. The van der Waals surface area contributed by atoms with E-state index in [4.69, 9.17) is 0 Å². The van der Waals surface area contributed by atoms with Gasteiger partial charge in [-0.15, -0.1) is 0 Å². The Morgan fingerprint density at radius 3 is 2.35 bits per heavy atom. The maximum Gasteiger partial charge on any atom is 0.259 e. The lowest BCUT2D eigenvalue weighted by Crippen LogP contribution is -2.30. The van der Waals surface area contributed by atoms with Crippen LogP contribution in [0.25, 0.3) is 0 Å². The van der Waals surface area contributed by atoms with Crippen molar-refractivity contribution in [3.05, 3.63) is 57.8 Å². The van der Waals surface area contributed by atoms with E-state index in [9.17, 15) is 4.79 Å². The molecule has 1 aromatic carbocycles. The van der Waals surface area contributed by atoms with Crippen LogP contribution < -0.4 is 4.90 Å². The van der Waals surface area contributed by atoms with Crippen molar-refractivity contribution in [3.63, 3.8) is 0 Å². The van der Waals surface area contributed by atoms with Crippen LogP contribution in [0.3, 0.4) is 0 Å². The number of carbonyl (C=O) groups is 1. The molecule has 1 amide bonds. The van der Waals surface area contributed by atoms with Crippen molar-refractivity contribution in [3.8, 4) is 0 Å². The molecule has 0 aliphatic rings. The van der Waals surface area contributed by atoms with E-state index in [2.05, 4.69) is 27.0 Å². The number of aryl methyl sites for hydroxylation is 2. The first-order valence-corrected chi connectivity index (χ1v) is 7.31. The molecule has 1 aromatic heterocycles. The van der Waals surface area contributed by atoms with E-state index >= 15 is 0 Å². The van der Waals surface area contributed by atoms with Crippen LogP contribution in [0.15, 0.2) is 41.1 Å². The third-order valence-electron chi connectivity index (χ3n) is 3.03. The van der Waals surface area contributed by atoms with Crippen molar-refractivity contribution in [2.75, 3.05) is 11.4 Å². The Balaban J connectivity index is 2.39. The number of anilines is 1. The van der Waals surface area contributed by atoms with Gasteiger partial charge in [0.1, 0.15) is 0 Å². The smallest absolute Gasteiger partial charge is 0.259 e. The van der Waals surface area contributed by atoms with Crippen LogP contribution in [-0.4, -0.2) is 17.4 Å². The van der Waals surface area contributed by atoms with Crippen molar-refractivity contribution in [1.82, 2.24) is 4.98 Å². The maximum absolute atomic E-state index is 12.6. The molecule has 20 heavy (non-hydrogen) atoms. The molecular weight excluding hydrogens is 316 g/mol. The molecule has 104 valence electrons. The average Bonchev–Trinajstić information content (AvgIpc) is 2.38. The van der Waals surface area contributed by atoms with E-state index in [1.807, 2.05) is 32.9 Å². The summed E-state index contributed by atoms with van der Waals surface area (Å²) in [6.07, 6.45) is 3.27. The number of aromatic nitrogens is 1. The van der Waals surface area contributed by atoms with E-state index in [1.54, 1.807) is 23.4 Å². The van der Waals surface area contributed by atoms with E-state index in [1.165, 1.54) is 0 Å². The lowest BCUT2D eigenvalue weighted by molar-refractivity contribution is 0.0988. The number of rotatable bonds is 3. The molecule has 0 spiro atoms. The van der Waals surface area contributed by atoms with Gasteiger partial charge >= 0.3 is 0 Å². The molecule has 4 heteroatoms. The number of carbonyl (C=O) groups excluding carboxylic acids is 1. The lowest BCUT2D eigenvalue weighted by Gasteiger charge is -2.22. The number of halogens is 1. The first-order chi connectivity index (χ1) is 9.51. The van der Waals surface area contributed by atoms with Gasteiger partial charge in [-0.3, -0.25) is 9.78 Å². The number of nitrogens with zero attached hydrogens (tertiary/aromatic N) is 2. The van der Waals surface area contributed by atoms with Gasteiger partial charge in [-0.1, -0.05) is 6.07 Å². The summed E-state index contributed by atoms with van der Waals surface area (Å²) >= 11 is 3.35. The lowest BCUT2D eigenvalue weighted by atomic mass is 10.1. The highest BCUT2D eigenvalue weighted by molar-refractivity contribution is 9.10. The first kappa shape index (κ1) is 14.7. The minimum atomic E-state index is -0.0358. The Bertz CT molecular complexity index is 620. The van der Waals surface area contributed by atoms with Gasteiger partial charge in [-0.2, -0.15) is 0 Å². The van der Waals surface area contributed by atoms with Crippen molar-refractivity contribution >= 4 is 27.5 Å². The standard InChI is InChI=1S/C16H17BrN2O/c1-4-19(15-6-11(2)5-12(3)7-15)16(20)13-8-14(17)10-18-9-13/h5-10H,4H2,1-3H3. The summed E-state index contributed by atoms with van der Waals surface area (Å²) in [6, 6.07) is 7.95. The summed E-state index contributed by atoms with van der Waals surface area (Å²) < 4.78 is 0.805. The van der Waals surface area contributed by atoms with Gasteiger partial charge in [-0.05, 0) is 66.0 Å². The normalized spacial score (nSPS) is 10.4. The molecular formula is C16H17BrN2O. The Kier molecular flexibility index (Phi) is 4.55. The highest BCUT2D eigenvalue weighted by atomic mass is 79.9. The fourth-order valence-electron chi connectivity index (χ4n) is 2.23. The first-order valence-electron chi connectivity index (χ1n) is 6.52. The largest absolute Gasteiger partial charge is 0.309 e. The van der Waals surface area contributed by atoms with Crippen molar-refractivity contribution in [1.29, 1.82) is 0 Å². The molecule has 0 fully saturated rings. The number of hydrogen-bond acceptors (Lipinski definition) is 2. The van der Waals surface area contributed by atoms with E-state index in [0.717, 1.165) is 21.3 Å². The van der Waals surface area contributed by atoms with Crippen LogP contribution >= 0.6 is 15.9 Å². The Morgan fingerprint density at radius 1 is 1.15 bits per heavy atom. The second-order valence-electron chi connectivity index (χ2n) is 4.79. The highest BCUT2D eigenvalue weighted by Gasteiger charge is 2.17. The van der Waals surface area contributed by atoms with E-state index in [-0.39, 0.29) is 5.91 Å². The van der Waals surface area contributed by atoms with Crippen LogP contribution in [0.2, 0.25) is 0 Å². The monoisotopic (exact) mass is 332 g/mol. The zero-order chi connectivity index (χ0) is 14.7. The fraction of sp³-hybridized carbons (Fsp3) is 0.250. The summed E-state index contributed by atoms with van der Waals surface area (Å²) in [4.78, 5) is 18.4.